The first-order valence-electron chi connectivity index (χ1n) is 7.58. The highest BCUT2D eigenvalue weighted by atomic mass is 32.2. The maximum absolute atomic E-state index is 12.6. The summed E-state index contributed by atoms with van der Waals surface area (Å²) in [5.41, 5.74) is 0.256. The van der Waals surface area contributed by atoms with E-state index in [1.54, 1.807) is 12.1 Å². The zero-order chi connectivity index (χ0) is 19.2. The van der Waals surface area contributed by atoms with Crippen molar-refractivity contribution < 1.29 is 27.4 Å². The minimum Gasteiger partial charge on any atom is -0.497 e. The number of nitrogens with one attached hydrogen (secondary N) is 2. The number of benzene rings is 2. The molecule has 0 bridgehead atoms. The number of carbonyl (C=O) groups is 1. The molecule has 0 spiro atoms. The van der Waals surface area contributed by atoms with E-state index in [-0.39, 0.29) is 23.1 Å². The number of carbonyl (C=O) groups excluding carboxylic acids is 1. The fraction of sp³-hybridized carbons (Fsp3) is 0.235. The highest BCUT2D eigenvalue weighted by Gasteiger charge is 2.17. The summed E-state index contributed by atoms with van der Waals surface area (Å²) in [6.45, 7) is -0.151. The molecule has 0 aliphatic heterocycles. The molecule has 1 amide bonds. The van der Waals surface area contributed by atoms with E-state index in [0.717, 1.165) is 0 Å². The van der Waals surface area contributed by atoms with Crippen molar-refractivity contribution in [1.29, 1.82) is 0 Å². The Morgan fingerprint density at radius 3 is 2.23 bits per heavy atom. The van der Waals surface area contributed by atoms with Crippen LogP contribution in [0.2, 0.25) is 0 Å². The predicted octanol–water partition coefficient (Wildman–Crippen LogP) is 1.63. The highest BCUT2D eigenvalue weighted by Crippen LogP contribution is 2.31. The van der Waals surface area contributed by atoms with Crippen molar-refractivity contribution in [3.05, 3.63) is 42.5 Å². The predicted molar refractivity (Wildman–Crippen MR) is 96.4 cm³/mol. The van der Waals surface area contributed by atoms with Gasteiger partial charge in [0.2, 0.25) is 0 Å². The molecule has 0 saturated heterocycles. The normalized spacial score (nSPS) is 10.7. The van der Waals surface area contributed by atoms with Crippen molar-refractivity contribution in [1.82, 2.24) is 5.32 Å². The smallest absolute Gasteiger partial charge is 0.262 e. The lowest BCUT2D eigenvalue weighted by Gasteiger charge is -2.13. The SMILES string of the molecule is CNC(=O)COc1ccc(S(=O)(=O)Nc2cc(OC)ccc2OC)cc1. The number of rotatable bonds is 8. The number of hydrogen-bond acceptors (Lipinski definition) is 6. The molecule has 0 unspecified atom stereocenters. The molecule has 2 aromatic rings. The molecule has 140 valence electrons. The average Bonchev–Trinajstić information content (AvgIpc) is 2.66. The Morgan fingerprint density at radius 2 is 1.65 bits per heavy atom. The molecule has 0 saturated carbocycles. The third kappa shape index (κ3) is 4.79. The van der Waals surface area contributed by atoms with Crippen LogP contribution in [0.3, 0.4) is 0 Å². The molecule has 8 nitrogen and oxygen atoms in total. The van der Waals surface area contributed by atoms with Gasteiger partial charge in [0.1, 0.15) is 17.2 Å². The number of methoxy groups -OCH3 is 2. The third-order valence-corrected chi connectivity index (χ3v) is 4.82. The van der Waals surface area contributed by atoms with Crippen LogP contribution < -0.4 is 24.2 Å². The summed E-state index contributed by atoms with van der Waals surface area (Å²) < 4.78 is 43.2. The molecule has 0 heterocycles. The van der Waals surface area contributed by atoms with Crippen LogP contribution >= 0.6 is 0 Å². The Morgan fingerprint density at radius 1 is 1.00 bits per heavy atom. The number of sulfonamides is 1. The van der Waals surface area contributed by atoms with Crippen LogP contribution in [-0.2, 0) is 14.8 Å². The number of amides is 1. The minimum atomic E-state index is -3.84. The van der Waals surface area contributed by atoms with Crippen molar-refractivity contribution in [2.24, 2.45) is 0 Å². The Balaban J connectivity index is 2.19. The van der Waals surface area contributed by atoms with E-state index in [0.29, 0.717) is 17.2 Å². The van der Waals surface area contributed by atoms with Crippen molar-refractivity contribution in [3.63, 3.8) is 0 Å². The fourth-order valence-electron chi connectivity index (χ4n) is 2.03. The van der Waals surface area contributed by atoms with E-state index >= 15 is 0 Å². The number of anilines is 1. The quantitative estimate of drug-likeness (QED) is 0.722. The first-order valence-corrected chi connectivity index (χ1v) is 9.06. The lowest BCUT2D eigenvalue weighted by atomic mass is 10.3. The average molecular weight is 380 g/mol. The van der Waals surface area contributed by atoms with Gasteiger partial charge in [-0.1, -0.05) is 0 Å². The summed E-state index contributed by atoms with van der Waals surface area (Å²) in [7, 11) is 0.582. The molecule has 2 rings (SSSR count). The molecule has 9 heteroatoms. The standard InChI is InChI=1S/C17H20N2O6S/c1-18-17(20)11-25-12-4-7-14(8-5-12)26(21,22)19-15-10-13(23-2)6-9-16(15)24-3/h4-10,19H,11H2,1-3H3,(H,18,20). The zero-order valence-corrected chi connectivity index (χ0v) is 15.4. The molecule has 0 aliphatic rings. The topological polar surface area (TPSA) is 103 Å². The van der Waals surface area contributed by atoms with Crippen LogP contribution in [0, 0.1) is 0 Å². The van der Waals surface area contributed by atoms with Gasteiger partial charge in [-0.15, -0.1) is 0 Å². The molecule has 2 N–H and O–H groups in total. The molecule has 0 fully saturated rings. The Kier molecular flexibility index (Phi) is 6.29. The molecule has 2 aromatic carbocycles. The fourth-order valence-corrected chi connectivity index (χ4v) is 3.09. The van der Waals surface area contributed by atoms with E-state index in [1.165, 1.54) is 51.6 Å². The maximum Gasteiger partial charge on any atom is 0.262 e. The van der Waals surface area contributed by atoms with Gasteiger partial charge < -0.3 is 19.5 Å². The monoisotopic (exact) mass is 380 g/mol. The van der Waals surface area contributed by atoms with Gasteiger partial charge in [0.15, 0.2) is 6.61 Å². The van der Waals surface area contributed by atoms with Crippen LogP contribution in [0.5, 0.6) is 17.2 Å². The van der Waals surface area contributed by atoms with E-state index in [2.05, 4.69) is 10.0 Å². The molecule has 0 radical (unpaired) electrons. The van der Waals surface area contributed by atoms with E-state index in [9.17, 15) is 13.2 Å². The van der Waals surface area contributed by atoms with Gasteiger partial charge in [-0.05, 0) is 36.4 Å². The zero-order valence-electron chi connectivity index (χ0n) is 14.6. The van der Waals surface area contributed by atoms with Crippen LogP contribution in [0.1, 0.15) is 0 Å². The van der Waals surface area contributed by atoms with Crippen LogP contribution in [0.4, 0.5) is 5.69 Å². The second kappa shape index (κ2) is 8.43. The van der Waals surface area contributed by atoms with Gasteiger partial charge >= 0.3 is 0 Å². The molecular weight excluding hydrogens is 360 g/mol. The first-order chi connectivity index (χ1) is 12.4. The summed E-state index contributed by atoms with van der Waals surface area (Å²) in [4.78, 5) is 11.2. The molecule has 0 atom stereocenters. The van der Waals surface area contributed by atoms with Gasteiger partial charge in [-0.3, -0.25) is 9.52 Å². The molecule has 26 heavy (non-hydrogen) atoms. The first kappa shape index (κ1) is 19.4. The lowest BCUT2D eigenvalue weighted by molar-refractivity contribution is -0.122. The van der Waals surface area contributed by atoms with Crippen molar-refractivity contribution in [2.75, 3.05) is 32.6 Å². The summed E-state index contributed by atoms with van der Waals surface area (Å²) in [6.07, 6.45) is 0. The van der Waals surface area contributed by atoms with Crippen LogP contribution in [-0.4, -0.2) is 42.2 Å². The maximum atomic E-state index is 12.6. The lowest BCUT2D eigenvalue weighted by Crippen LogP contribution is -2.24. The molecule has 0 aromatic heterocycles. The van der Waals surface area contributed by atoms with Gasteiger partial charge in [0.05, 0.1) is 24.8 Å². The van der Waals surface area contributed by atoms with Gasteiger partial charge in [0.25, 0.3) is 15.9 Å². The van der Waals surface area contributed by atoms with E-state index in [4.69, 9.17) is 14.2 Å². The largest absolute Gasteiger partial charge is 0.497 e. The second-order valence-corrected chi connectivity index (χ2v) is 6.79. The van der Waals surface area contributed by atoms with Gasteiger partial charge in [-0.25, -0.2) is 8.42 Å². The Labute approximate surface area is 152 Å². The highest BCUT2D eigenvalue weighted by molar-refractivity contribution is 7.92. The van der Waals surface area contributed by atoms with E-state index in [1.807, 2.05) is 0 Å². The van der Waals surface area contributed by atoms with Crippen molar-refractivity contribution in [3.8, 4) is 17.2 Å². The number of ether oxygens (including phenoxy) is 3. The summed E-state index contributed by atoms with van der Waals surface area (Å²) in [5.74, 6) is 0.946. The van der Waals surface area contributed by atoms with E-state index < -0.39 is 10.0 Å². The summed E-state index contributed by atoms with van der Waals surface area (Å²) in [5, 5.41) is 2.43. The Bertz CT molecular complexity index is 865. The minimum absolute atomic E-state index is 0.0367. The number of likely N-dealkylation sites (N-methyl/N-ethyl adjacent to an activating group) is 1. The molecular formula is C17H20N2O6S. The van der Waals surface area contributed by atoms with Crippen molar-refractivity contribution in [2.45, 2.75) is 4.90 Å². The van der Waals surface area contributed by atoms with Gasteiger partial charge in [0, 0.05) is 13.1 Å². The summed E-state index contributed by atoms with van der Waals surface area (Å²) in [6, 6.07) is 10.5. The molecule has 0 aliphatic carbocycles. The summed E-state index contributed by atoms with van der Waals surface area (Å²) >= 11 is 0. The number of hydrogen-bond donors (Lipinski definition) is 2. The Hall–Kier alpha value is -2.94. The third-order valence-electron chi connectivity index (χ3n) is 3.43. The van der Waals surface area contributed by atoms with Crippen LogP contribution in [0.25, 0.3) is 0 Å². The second-order valence-electron chi connectivity index (χ2n) is 5.10. The van der Waals surface area contributed by atoms with Crippen molar-refractivity contribution >= 4 is 21.6 Å². The van der Waals surface area contributed by atoms with Gasteiger partial charge in [-0.2, -0.15) is 0 Å². The van der Waals surface area contributed by atoms with Crippen LogP contribution in [0.15, 0.2) is 47.4 Å².